The highest BCUT2D eigenvalue weighted by molar-refractivity contribution is 5.89. The minimum atomic E-state index is 0.603. The summed E-state index contributed by atoms with van der Waals surface area (Å²) in [7, 11) is 2.18. The number of benzene rings is 2. The quantitative estimate of drug-likeness (QED) is 0.275. The maximum atomic E-state index is 9.64. The molecule has 35 heavy (non-hydrogen) atoms. The normalized spacial score (nSPS) is 15.3. The van der Waals surface area contributed by atoms with E-state index in [1.807, 2.05) is 57.2 Å². The average Bonchev–Trinajstić information content (AvgIpc) is 3.39. The summed E-state index contributed by atoms with van der Waals surface area (Å²) in [5.74, 6) is 1.50. The summed E-state index contributed by atoms with van der Waals surface area (Å²) in [5.41, 5.74) is 3.72. The maximum absolute atomic E-state index is 9.64. The van der Waals surface area contributed by atoms with Gasteiger partial charge in [0.05, 0.1) is 11.6 Å². The van der Waals surface area contributed by atoms with E-state index >= 15 is 0 Å². The second-order valence-corrected chi connectivity index (χ2v) is 8.45. The molecule has 0 aliphatic carbocycles. The first kappa shape index (κ1) is 26.1. The molecule has 1 aromatic heterocycles. The van der Waals surface area contributed by atoms with E-state index in [-0.39, 0.29) is 0 Å². The molecule has 1 saturated heterocycles. The fourth-order valence-electron chi connectivity index (χ4n) is 4.18. The van der Waals surface area contributed by atoms with Gasteiger partial charge >= 0.3 is 0 Å². The zero-order valence-corrected chi connectivity index (χ0v) is 21.7. The van der Waals surface area contributed by atoms with Gasteiger partial charge in [0.2, 0.25) is 0 Å². The summed E-state index contributed by atoms with van der Waals surface area (Å²) in [6.07, 6.45) is 8.60. The van der Waals surface area contributed by atoms with Crippen LogP contribution < -0.4 is 4.90 Å². The summed E-state index contributed by atoms with van der Waals surface area (Å²) in [5, 5.41) is 12.1. The van der Waals surface area contributed by atoms with Gasteiger partial charge in [-0.1, -0.05) is 57.2 Å². The minimum absolute atomic E-state index is 0.603. The Bertz CT molecular complexity index is 1250. The predicted molar refractivity (Wildman–Crippen MR) is 149 cm³/mol. The van der Waals surface area contributed by atoms with Crippen LogP contribution in [0.2, 0.25) is 0 Å². The summed E-state index contributed by atoms with van der Waals surface area (Å²) < 4.78 is 6.22. The van der Waals surface area contributed by atoms with Gasteiger partial charge in [-0.15, -0.1) is 0 Å². The molecular weight excluding hydrogens is 430 g/mol. The van der Waals surface area contributed by atoms with Crippen molar-refractivity contribution in [3.8, 4) is 17.4 Å². The number of allylic oxidation sites excluding steroid dienone is 6. The molecule has 1 fully saturated rings. The van der Waals surface area contributed by atoms with Crippen molar-refractivity contribution in [2.45, 2.75) is 34.1 Å². The van der Waals surface area contributed by atoms with Crippen LogP contribution in [0.5, 0.6) is 0 Å². The van der Waals surface area contributed by atoms with Crippen LogP contribution in [0.15, 0.2) is 82.8 Å². The molecule has 0 N–H and O–H groups in total. The van der Waals surface area contributed by atoms with Crippen LogP contribution >= 0.6 is 0 Å². The van der Waals surface area contributed by atoms with Crippen molar-refractivity contribution in [1.29, 1.82) is 5.26 Å². The molecule has 4 heteroatoms. The second-order valence-electron chi connectivity index (χ2n) is 8.45. The standard InChI is InChI=1S/C29H31N3O.C2H6/c1-4-6-8-25(21-30)27(7-5-2)29-14-13-28(33-29)24-10-9-23-20-26(12-11-22(23)19-24)32-17-15-31(3)16-18-32;1-2/h5-14,19-20H,4,15-18H2,1-3H3;1-2H3/b7-5-,8-6+,27-25-;. The molecular formula is C31H37N3O. The van der Waals surface area contributed by atoms with E-state index in [0.717, 1.165) is 49.5 Å². The largest absolute Gasteiger partial charge is 0.456 e. The van der Waals surface area contributed by atoms with Gasteiger partial charge < -0.3 is 14.2 Å². The molecule has 0 spiro atoms. The summed E-state index contributed by atoms with van der Waals surface area (Å²) in [6, 6.07) is 19.4. The summed E-state index contributed by atoms with van der Waals surface area (Å²) >= 11 is 0. The summed E-state index contributed by atoms with van der Waals surface area (Å²) in [6.45, 7) is 12.3. The molecule has 2 heterocycles. The number of nitriles is 1. The Labute approximate surface area is 210 Å². The first-order valence-corrected chi connectivity index (χ1v) is 12.6. The Balaban J connectivity index is 0.00000167. The monoisotopic (exact) mass is 467 g/mol. The third-order valence-electron chi connectivity index (χ3n) is 6.11. The number of hydrogen-bond acceptors (Lipinski definition) is 4. The number of piperazine rings is 1. The van der Waals surface area contributed by atoms with Crippen LogP contribution in [0.1, 0.15) is 39.9 Å². The molecule has 0 atom stereocenters. The SMILES string of the molecule is CC.C\C=C/C(=C(C#N)\C=C\CC)c1ccc(-c2ccc3cc(N4CCN(C)CC4)ccc3c2)o1. The zero-order chi connectivity index (χ0) is 25.2. The topological polar surface area (TPSA) is 43.4 Å². The average molecular weight is 468 g/mol. The number of furan rings is 1. The lowest BCUT2D eigenvalue weighted by Crippen LogP contribution is -2.44. The molecule has 0 bridgehead atoms. The zero-order valence-electron chi connectivity index (χ0n) is 21.7. The molecule has 1 aliphatic heterocycles. The first-order chi connectivity index (χ1) is 17.1. The molecule has 0 amide bonds. The van der Waals surface area contributed by atoms with Crippen LogP contribution in [-0.4, -0.2) is 38.1 Å². The van der Waals surface area contributed by atoms with Crippen LogP contribution in [0.4, 0.5) is 5.69 Å². The van der Waals surface area contributed by atoms with Crippen molar-refractivity contribution in [2.24, 2.45) is 0 Å². The fraction of sp³-hybridized carbons (Fsp3) is 0.323. The van der Waals surface area contributed by atoms with Crippen LogP contribution in [0, 0.1) is 11.3 Å². The van der Waals surface area contributed by atoms with E-state index in [1.165, 1.54) is 16.5 Å². The van der Waals surface area contributed by atoms with Crippen molar-refractivity contribution in [3.05, 3.63) is 84.2 Å². The Hall–Kier alpha value is -3.55. The van der Waals surface area contributed by atoms with Crippen molar-refractivity contribution >= 4 is 22.0 Å². The van der Waals surface area contributed by atoms with Gasteiger partial charge in [0.15, 0.2) is 0 Å². The van der Waals surface area contributed by atoms with Gasteiger partial charge in [-0.05, 0) is 67.6 Å². The van der Waals surface area contributed by atoms with Gasteiger partial charge in [0.25, 0.3) is 0 Å². The number of hydrogen-bond donors (Lipinski definition) is 0. The summed E-state index contributed by atoms with van der Waals surface area (Å²) in [4.78, 5) is 4.83. The van der Waals surface area contributed by atoms with Gasteiger partial charge in [0, 0.05) is 43.0 Å². The molecule has 4 nitrogen and oxygen atoms in total. The Kier molecular flexibility index (Phi) is 9.52. The van der Waals surface area contributed by atoms with E-state index in [0.29, 0.717) is 11.3 Å². The number of fused-ring (bicyclic) bond motifs is 1. The van der Waals surface area contributed by atoms with E-state index < -0.39 is 0 Å². The number of nitrogens with zero attached hydrogens (tertiary/aromatic N) is 3. The van der Waals surface area contributed by atoms with E-state index in [9.17, 15) is 5.26 Å². The molecule has 0 radical (unpaired) electrons. The van der Waals surface area contributed by atoms with Crippen LogP contribution in [-0.2, 0) is 0 Å². The third kappa shape index (κ3) is 6.32. The van der Waals surface area contributed by atoms with E-state index in [2.05, 4.69) is 66.2 Å². The van der Waals surface area contributed by atoms with Gasteiger partial charge in [0.1, 0.15) is 11.5 Å². The highest BCUT2D eigenvalue weighted by atomic mass is 16.3. The molecule has 2 aromatic carbocycles. The fourth-order valence-corrected chi connectivity index (χ4v) is 4.18. The van der Waals surface area contributed by atoms with E-state index in [4.69, 9.17) is 4.42 Å². The highest BCUT2D eigenvalue weighted by Gasteiger charge is 2.15. The van der Waals surface area contributed by atoms with Crippen molar-refractivity contribution in [3.63, 3.8) is 0 Å². The van der Waals surface area contributed by atoms with Crippen molar-refractivity contribution < 1.29 is 4.42 Å². The number of anilines is 1. The lowest BCUT2D eigenvalue weighted by atomic mass is 10.0. The smallest absolute Gasteiger partial charge is 0.136 e. The molecule has 3 aromatic rings. The first-order valence-electron chi connectivity index (χ1n) is 12.6. The highest BCUT2D eigenvalue weighted by Crippen LogP contribution is 2.32. The lowest BCUT2D eigenvalue weighted by molar-refractivity contribution is 0.313. The van der Waals surface area contributed by atoms with E-state index in [1.54, 1.807) is 0 Å². The molecule has 182 valence electrons. The van der Waals surface area contributed by atoms with Crippen LogP contribution in [0.25, 0.3) is 27.7 Å². The van der Waals surface area contributed by atoms with Gasteiger partial charge in [-0.2, -0.15) is 5.26 Å². The Morgan fingerprint density at radius 3 is 2.37 bits per heavy atom. The Morgan fingerprint density at radius 1 is 0.971 bits per heavy atom. The lowest BCUT2D eigenvalue weighted by Gasteiger charge is -2.34. The van der Waals surface area contributed by atoms with Gasteiger partial charge in [-0.3, -0.25) is 0 Å². The van der Waals surface area contributed by atoms with Crippen molar-refractivity contribution in [2.75, 3.05) is 38.1 Å². The molecule has 0 saturated carbocycles. The molecule has 4 rings (SSSR count). The Morgan fingerprint density at radius 2 is 1.69 bits per heavy atom. The molecule has 1 aliphatic rings. The second kappa shape index (κ2) is 12.8. The van der Waals surface area contributed by atoms with Crippen LogP contribution in [0.3, 0.4) is 0 Å². The number of likely N-dealkylation sites (N-methyl/N-ethyl adjacent to an activating group) is 1. The molecule has 0 unspecified atom stereocenters. The minimum Gasteiger partial charge on any atom is -0.456 e. The number of rotatable bonds is 6. The predicted octanol–water partition coefficient (Wildman–Crippen LogP) is 7.70. The van der Waals surface area contributed by atoms with Gasteiger partial charge in [-0.25, -0.2) is 0 Å². The van der Waals surface area contributed by atoms with Crippen molar-refractivity contribution in [1.82, 2.24) is 4.90 Å². The maximum Gasteiger partial charge on any atom is 0.136 e. The third-order valence-corrected chi connectivity index (χ3v) is 6.11.